The number of carboxylic acids is 1. The minimum absolute atomic E-state index is 0.0233. The van der Waals surface area contributed by atoms with Crippen molar-refractivity contribution in [3.8, 4) is 0 Å². The van der Waals surface area contributed by atoms with Crippen LogP contribution in [0.3, 0.4) is 0 Å². The van der Waals surface area contributed by atoms with E-state index >= 15 is 0 Å². The molecule has 1 amide bonds. The summed E-state index contributed by atoms with van der Waals surface area (Å²) in [7, 11) is 3.35. The zero-order valence-corrected chi connectivity index (χ0v) is 9.95. The minimum Gasteiger partial charge on any atom is -0.481 e. The Hall–Kier alpha value is -1.49. The molecule has 0 heterocycles. The molecular formula is C11H13NO3S. The largest absolute Gasteiger partial charge is 0.481 e. The van der Waals surface area contributed by atoms with Gasteiger partial charge in [0, 0.05) is 19.0 Å². The number of aliphatic carboxylic acids is 1. The second-order valence-electron chi connectivity index (χ2n) is 3.48. The molecule has 86 valence electrons. The Labute approximate surface area is 98.3 Å². The molecule has 0 fully saturated rings. The molecule has 0 spiro atoms. The molecule has 1 rings (SSSR count). The number of amides is 1. The number of hydrogen-bond acceptors (Lipinski definition) is 3. The summed E-state index contributed by atoms with van der Waals surface area (Å²) in [6, 6.07) is 7.00. The van der Waals surface area contributed by atoms with E-state index < -0.39 is 5.97 Å². The average Bonchev–Trinajstić information content (AvgIpc) is 2.16. The van der Waals surface area contributed by atoms with Crippen LogP contribution < -0.4 is 0 Å². The molecule has 5 heteroatoms. The predicted molar refractivity (Wildman–Crippen MR) is 62.7 cm³/mol. The van der Waals surface area contributed by atoms with Crippen LogP contribution >= 0.6 is 11.8 Å². The highest BCUT2D eigenvalue weighted by molar-refractivity contribution is 8.13. The van der Waals surface area contributed by atoms with Gasteiger partial charge in [-0.15, -0.1) is 0 Å². The molecule has 0 radical (unpaired) electrons. The van der Waals surface area contributed by atoms with Crippen LogP contribution in [-0.2, 0) is 11.2 Å². The molecule has 16 heavy (non-hydrogen) atoms. The fourth-order valence-electron chi connectivity index (χ4n) is 1.09. The van der Waals surface area contributed by atoms with E-state index in [2.05, 4.69) is 0 Å². The molecule has 0 aliphatic heterocycles. The van der Waals surface area contributed by atoms with E-state index in [1.807, 2.05) is 0 Å². The van der Waals surface area contributed by atoms with Gasteiger partial charge in [0.1, 0.15) is 0 Å². The van der Waals surface area contributed by atoms with E-state index in [9.17, 15) is 9.59 Å². The lowest BCUT2D eigenvalue weighted by molar-refractivity contribution is -0.136. The molecule has 1 aromatic rings. The van der Waals surface area contributed by atoms with Crippen molar-refractivity contribution in [1.29, 1.82) is 0 Å². The summed E-state index contributed by atoms with van der Waals surface area (Å²) in [5, 5.41) is 8.57. The maximum absolute atomic E-state index is 11.4. The van der Waals surface area contributed by atoms with E-state index in [1.165, 1.54) is 4.90 Å². The molecule has 0 aromatic heterocycles. The van der Waals surface area contributed by atoms with Crippen LogP contribution in [0.4, 0.5) is 4.79 Å². The Kier molecular flexibility index (Phi) is 4.37. The summed E-state index contributed by atoms with van der Waals surface area (Å²) in [4.78, 5) is 24.2. The summed E-state index contributed by atoms with van der Waals surface area (Å²) in [5.41, 5.74) is 0.698. The third-order valence-electron chi connectivity index (χ3n) is 1.82. The van der Waals surface area contributed by atoms with Gasteiger partial charge in [-0.3, -0.25) is 9.59 Å². The van der Waals surface area contributed by atoms with Crippen molar-refractivity contribution < 1.29 is 14.7 Å². The van der Waals surface area contributed by atoms with Crippen molar-refractivity contribution in [2.75, 3.05) is 14.1 Å². The molecular weight excluding hydrogens is 226 g/mol. The van der Waals surface area contributed by atoms with Crippen molar-refractivity contribution in [3.63, 3.8) is 0 Å². The van der Waals surface area contributed by atoms with Gasteiger partial charge in [0.2, 0.25) is 0 Å². The second kappa shape index (κ2) is 5.55. The molecule has 0 atom stereocenters. The van der Waals surface area contributed by atoms with Crippen LogP contribution in [0.15, 0.2) is 29.2 Å². The Morgan fingerprint density at radius 2 is 2.06 bits per heavy atom. The highest BCUT2D eigenvalue weighted by Crippen LogP contribution is 2.21. The third-order valence-corrected chi connectivity index (χ3v) is 2.85. The van der Waals surface area contributed by atoms with E-state index in [4.69, 9.17) is 5.11 Å². The highest BCUT2D eigenvalue weighted by Gasteiger charge is 2.07. The van der Waals surface area contributed by atoms with Crippen molar-refractivity contribution >= 4 is 23.0 Å². The number of carbonyl (C=O) groups excluding carboxylic acids is 1. The van der Waals surface area contributed by atoms with Gasteiger partial charge in [0.25, 0.3) is 5.24 Å². The molecule has 0 unspecified atom stereocenters. The summed E-state index contributed by atoms with van der Waals surface area (Å²) in [5.74, 6) is -0.874. The monoisotopic (exact) mass is 239 g/mol. The first kappa shape index (κ1) is 12.6. The lowest BCUT2D eigenvalue weighted by Gasteiger charge is -2.09. The van der Waals surface area contributed by atoms with Crippen LogP contribution in [0, 0.1) is 0 Å². The standard InChI is InChI=1S/C11H13NO3S/c1-12(2)11(15)16-9-5-3-4-8(6-9)7-10(13)14/h3-6H,7H2,1-2H3,(H,13,14). The van der Waals surface area contributed by atoms with Crippen LogP contribution in [0.1, 0.15) is 5.56 Å². The molecule has 4 nitrogen and oxygen atoms in total. The number of carbonyl (C=O) groups is 2. The lowest BCUT2D eigenvalue weighted by Crippen LogP contribution is -2.16. The normalized spacial score (nSPS) is 9.88. The Bertz CT molecular complexity index is 404. The Morgan fingerprint density at radius 1 is 1.38 bits per heavy atom. The van der Waals surface area contributed by atoms with Crippen molar-refractivity contribution in [3.05, 3.63) is 29.8 Å². The predicted octanol–water partition coefficient (Wildman–Crippen LogP) is 2.09. The first-order chi connectivity index (χ1) is 7.49. The molecule has 0 aliphatic rings. The zero-order valence-electron chi connectivity index (χ0n) is 9.14. The first-order valence-corrected chi connectivity index (χ1v) is 5.50. The Morgan fingerprint density at radius 3 is 2.62 bits per heavy atom. The summed E-state index contributed by atoms with van der Waals surface area (Å²) >= 11 is 1.09. The molecule has 0 saturated carbocycles. The maximum Gasteiger partial charge on any atom is 0.307 e. The number of thioether (sulfide) groups is 1. The fraction of sp³-hybridized carbons (Fsp3) is 0.273. The summed E-state index contributed by atoms with van der Waals surface area (Å²) < 4.78 is 0. The quantitative estimate of drug-likeness (QED) is 0.820. The van der Waals surface area contributed by atoms with E-state index in [0.717, 1.165) is 16.7 Å². The van der Waals surface area contributed by atoms with Crippen molar-refractivity contribution in [1.82, 2.24) is 4.90 Å². The van der Waals surface area contributed by atoms with E-state index in [-0.39, 0.29) is 11.7 Å². The van der Waals surface area contributed by atoms with Gasteiger partial charge >= 0.3 is 5.97 Å². The van der Waals surface area contributed by atoms with Gasteiger partial charge in [0.15, 0.2) is 0 Å². The van der Waals surface area contributed by atoms with Crippen LogP contribution in [0.2, 0.25) is 0 Å². The number of hydrogen-bond donors (Lipinski definition) is 1. The minimum atomic E-state index is -0.874. The topological polar surface area (TPSA) is 57.6 Å². The van der Waals surface area contributed by atoms with E-state index in [0.29, 0.717) is 5.56 Å². The molecule has 0 bridgehead atoms. The molecule has 0 aliphatic carbocycles. The van der Waals surface area contributed by atoms with Crippen LogP contribution in [-0.4, -0.2) is 35.3 Å². The number of nitrogens with zero attached hydrogens (tertiary/aromatic N) is 1. The average molecular weight is 239 g/mol. The Balaban J connectivity index is 2.74. The highest BCUT2D eigenvalue weighted by atomic mass is 32.2. The summed E-state index contributed by atoms with van der Waals surface area (Å²) in [6.45, 7) is 0. The molecule has 0 saturated heterocycles. The smallest absolute Gasteiger partial charge is 0.307 e. The number of benzene rings is 1. The SMILES string of the molecule is CN(C)C(=O)Sc1cccc(CC(=O)O)c1. The second-order valence-corrected chi connectivity index (χ2v) is 4.51. The lowest BCUT2D eigenvalue weighted by atomic mass is 10.2. The molecule has 1 aromatic carbocycles. The fourth-order valence-corrected chi connectivity index (χ4v) is 1.83. The number of carboxylic acid groups (broad SMARTS) is 1. The molecule has 1 N–H and O–H groups in total. The zero-order chi connectivity index (χ0) is 12.1. The summed E-state index contributed by atoms with van der Waals surface area (Å²) in [6.07, 6.45) is -0.0233. The van der Waals surface area contributed by atoms with Gasteiger partial charge in [-0.25, -0.2) is 0 Å². The van der Waals surface area contributed by atoms with Crippen LogP contribution in [0.5, 0.6) is 0 Å². The number of rotatable bonds is 3. The first-order valence-electron chi connectivity index (χ1n) is 4.69. The third kappa shape index (κ3) is 3.94. The van der Waals surface area contributed by atoms with Gasteiger partial charge in [-0.1, -0.05) is 12.1 Å². The van der Waals surface area contributed by atoms with E-state index in [1.54, 1.807) is 38.4 Å². The van der Waals surface area contributed by atoms with Gasteiger partial charge in [-0.2, -0.15) is 0 Å². The van der Waals surface area contributed by atoms with Crippen molar-refractivity contribution in [2.45, 2.75) is 11.3 Å². The van der Waals surface area contributed by atoms with Crippen LogP contribution in [0.25, 0.3) is 0 Å². The van der Waals surface area contributed by atoms with Crippen molar-refractivity contribution in [2.24, 2.45) is 0 Å². The maximum atomic E-state index is 11.4. The van der Waals surface area contributed by atoms with Gasteiger partial charge in [-0.05, 0) is 29.5 Å². The van der Waals surface area contributed by atoms with Gasteiger partial charge in [0.05, 0.1) is 6.42 Å². The van der Waals surface area contributed by atoms with Gasteiger partial charge < -0.3 is 10.0 Å².